The van der Waals surface area contributed by atoms with E-state index >= 15 is 0 Å². The summed E-state index contributed by atoms with van der Waals surface area (Å²) < 4.78 is 11.6. The van der Waals surface area contributed by atoms with Crippen LogP contribution in [0.25, 0.3) is 22.2 Å². The highest BCUT2D eigenvalue weighted by molar-refractivity contribution is 7.17. The first-order valence-corrected chi connectivity index (χ1v) is 14.0. The smallest absolute Gasteiger partial charge is 0.341 e. The predicted octanol–water partition coefficient (Wildman–Crippen LogP) is 7.45. The summed E-state index contributed by atoms with van der Waals surface area (Å²) in [7, 11) is 0. The Morgan fingerprint density at radius 3 is 2.47 bits per heavy atom. The monoisotopic (exact) mass is 528 g/mol. The van der Waals surface area contributed by atoms with Gasteiger partial charge in [0.15, 0.2) is 0 Å². The average molecular weight is 529 g/mol. The number of thiophene rings is 1. The lowest BCUT2D eigenvalue weighted by atomic mass is 9.95. The van der Waals surface area contributed by atoms with Gasteiger partial charge in [0.05, 0.1) is 34.5 Å². The number of nitrogens with zero attached hydrogens (tertiary/aromatic N) is 1. The van der Waals surface area contributed by atoms with Crippen molar-refractivity contribution in [1.29, 1.82) is 0 Å². The van der Waals surface area contributed by atoms with E-state index in [4.69, 9.17) is 14.5 Å². The van der Waals surface area contributed by atoms with Crippen LogP contribution in [0, 0.1) is 0 Å². The van der Waals surface area contributed by atoms with E-state index in [9.17, 15) is 9.59 Å². The van der Waals surface area contributed by atoms with Gasteiger partial charge in [-0.05, 0) is 83.2 Å². The molecule has 0 spiro atoms. The van der Waals surface area contributed by atoms with E-state index < -0.39 is 0 Å². The Hall–Kier alpha value is -3.71. The molecule has 0 saturated carbocycles. The van der Waals surface area contributed by atoms with Crippen LogP contribution in [0.4, 0.5) is 5.00 Å². The SMILES string of the molecule is CC(C)OC(=O)c1c(NC(=O)c2cc(-c3ccccc3OC(C)C)nc3ccccc23)sc2c1CCCC2. The largest absolute Gasteiger partial charge is 0.490 e. The standard InChI is InChI=1S/C31H32N2O4S/c1-18(2)36-26-15-9-6-12-21(26)25-17-23(20-11-5-8-14-24(20)32-25)29(34)33-30-28(31(35)37-19(3)4)22-13-7-10-16-27(22)38-30/h5-6,8-9,11-12,14-15,17-19H,7,10,13,16H2,1-4H3,(H,33,34). The summed E-state index contributed by atoms with van der Waals surface area (Å²) in [6, 6.07) is 17.1. The lowest BCUT2D eigenvalue weighted by Gasteiger charge is -2.16. The zero-order valence-corrected chi connectivity index (χ0v) is 23.0. The van der Waals surface area contributed by atoms with E-state index in [2.05, 4.69) is 5.32 Å². The summed E-state index contributed by atoms with van der Waals surface area (Å²) in [5, 5.41) is 4.37. The molecule has 38 heavy (non-hydrogen) atoms. The number of aryl methyl sites for hydroxylation is 1. The van der Waals surface area contributed by atoms with Crippen LogP contribution >= 0.6 is 11.3 Å². The van der Waals surface area contributed by atoms with Crippen molar-refractivity contribution >= 4 is 39.1 Å². The summed E-state index contributed by atoms with van der Waals surface area (Å²) in [6.07, 6.45) is 3.58. The molecule has 2 heterocycles. The molecule has 0 radical (unpaired) electrons. The third-order valence-electron chi connectivity index (χ3n) is 6.43. The second-order valence-electron chi connectivity index (χ2n) is 10.1. The van der Waals surface area contributed by atoms with Crippen LogP contribution in [-0.2, 0) is 17.6 Å². The van der Waals surface area contributed by atoms with Crippen molar-refractivity contribution in [3.63, 3.8) is 0 Å². The molecule has 1 aliphatic carbocycles. The van der Waals surface area contributed by atoms with Crippen molar-refractivity contribution < 1.29 is 19.1 Å². The minimum Gasteiger partial charge on any atom is -0.490 e. The van der Waals surface area contributed by atoms with Gasteiger partial charge in [-0.25, -0.2) is 9.78 Å². The predicted molar refractivity (Wildman–Crippen MR) is 152 cm³/mol. The van der Waals surface area contributed by atoms with Gasteiger partial charge in [-0.2, -0.15) is 0 Å². The van der Waals surface area contributed by atoms with Crippen LogP contribution in [-0.4, -0.2) is 29.1 Å². The van der Waals surface area contributed by atoms with Crippen molar-refractivity contribution in [3.8, 4) is 17.0 Å². The number of carbonyl (C=O) groups is 2. The maximum absolute atomic E-state index is 13.9. The third kappa shape index (κ3) is 5.29. The number of hydrogen-bond acceptors (Lipinski definition) is 6. The molecule has 2 aromatic heterocycles. The van der Waals surface area contributed by atoms with Gasteiger partial charge < -0.3 is 14.8 Å². The lowest BCUT2D eigenvalue weighted by molar-refractivity contribution is 0.0378. The number of para-hydroxylation sites is 2. The molecule has 7 heteroatoms. The molecule has 6 nitrogen and oxygen atoms in total. The minimum absolute atomic E-state index is 0.00625. The van der Waals surface area contributed by atoms with E-state index in [1.807, 2.05) is 76.2 Å². The van der Waals surface area contributed by atoms with Gasteiger partial charge >= 0.3 is 5.97 Å². The molecule has 0 atom stereocenters. The topological polar surface area (TPSA) is 77.5 Å². The molecule has 0 bridgehead atoms. The van der Waals surface area contributed by atoms with Gasteiger partial charge in [-0.1, -0.05) is 30.3 Å². The fourth-order valence-electron chi connectivity index (χ4n) is 4.85. The van der Waals surface area contributed by atoms with Crippen molar-refractivity contribution in [2.75, 3.05) is 5.32 Å². The van der Waals surface area contributed by atoms with Crippen molar-refractivity contribution in [2.45, 2.75) is 65.6 Å². The highest BCUT2D eigenvalue weighted by Gasteiger charge is 2.28. The Kier molecular flexibility index (Phi) is 7.47. The van der Waals surface area contributed by atoms with Gasteiger partial charge in [0.1, 0.15) is 10.8 Å². The van der Waals surface area contributed by atoms with Crippen LogP contribution in [0.1, 0.15) is 71.7 Å². The number of rotatable bonds is 7. The lowest BCUT2D eigenvalue weighted by Crippen LogP contribution is -2.18. The minimum atomic E-state index is -0.380. The number of ether oxygens (including phenoxy) is 2. The fourth-order valence-corrected chi connectivity index (χ4v) is 6.12. The maximum Gasteiger partial charge on any atom is 0.341 e. The fraction of sp³-hybridized carbons (Fsp3) is 0.323. The molecule has 1 amide bonds. The number of anilines is 1. The van der Waals surface area contributed by atoms with E-state index in [0.29, 0.717) is 33.1 Å². The van der Waals surface area contributed by atoms with E-state index in [-0.39, 0.29) is 24.1 Å². The highest BCUT2D eigenvalue weighted by Crippen LogP contribution is 2.39. The molecule has 4 aromatic rings. The number of benzene rings is 2. The second kappa shape index (κ2) is 11.0. The normalized spacial score (nSPS) is 13.0. The van der Waals surface area contributed by atoms with Crippen LogP contribution in [0.15, 0.2) is 54.6 Å². The zero-order chi connectivity index (χ0) is 26.8. The van der Waals surface area contributed by atoms with Crippen LogP contribution in [0.3, 0.4) is 0 Å². The highest BCUT2D eigenvalue weighted by atomic mass is 32.1. The second-order valence-corrected chi connectivity index (χ2v) is 11.2. The summed E-state index contributed by atoms with van der Waals surface area (Å²) in [5.41, 5.74) is 4.17. The summed E-state index contributed by atoms with van der Waals surface area (Å²) in [4.78, 5) is 33.0. The first kappa shape index (κ1) is 25.9. The summed E-state index contributed by atoms with van der Waals surface area (Å²) >= 11 is 1.49. The molecule has 0 saturated heterocycles. The number of nitrogens with one attached hydrogen (secondary N) is 1. The molecule has 0 unspecified atom stereocenters. The number of esters is 1. The molecule has 2 aromatic carbocycles. The first-order chi connectivity index (χ1) is 18.3. The third-order valence-corrected chi connectivity index (χ3v) is 7.64. The molecule has 1 N–H and O–H groups in total. The van der Waals surface area contributed by atoms with Gasteiger partial charge in [0.2, 0.25) is 0 Å². The van der Waals surface area contributed by atoms with E-state index in [1.165, 1.54) is 11.3 Å². The Morgan fingerprint density at radius 2 is 1.68 bits per heavy atom. The van der Waals surface area contributed by atoms with Crippen molar-refractivity contribution in [2.24, 2.45) is 0 Å². The Bertz CT molecular complexity index is 1510. The quantitative estimate of drug-likeness (QED) is 0.252. The van der Waals surface area contributed by atoms with Crippen LogP contribution in [0.5, 0.6) is 5.75 Å². The summed E-state index contributed by atoms with van der Waals surface area (Å²) in [5.74, 6) is 0.0420. The molecule has 196 valence electrons. The Morgan fingerprint density at radius 1 is 0.947 bits per heavy atom. The van der Waals surface area contributed by atoms with Crippen LogP contribution in [0.2, 0.25) is 0 Å². The Labute approximate surface area is 227 Å². The molecule has 0 fully saturated rings. The number of amides is 1. The van der Waals surface area contributed by atoms with Gasteiger partial charge in [-0.15, -0.1) is 11.3 Å². The molecule has 5 rings (SSSR count). The van der Waals surface area contributed by atoms with Gasteiger partial charge in [-0.3, -0.25) is 4.79 Å². The maximum atomic E-state index is 13.9. The number of carbonyl (C=O) groups excluding carboxylic acids is 2. The van der Waals surface area contributed by atoms with Gasteiger partial charge in [0.25, 0.3) is 5.91 Å². The summed E-state index contributed by atoms with van der Waals surface area (Å²) in [6.45, 7) is 7.62. The van der Waals surface area contributed by atoms with Crippen LogP contribution < -0.4 is 10.1 Å². The first-order valence-electron chi connectivity index (χ1n) is 13.1. The molecular weight excluding hydrogens is 496 g/mol. The number of hydrogen-bond donors (Lipinski definition) is 1. The molecule has 1 aliphatic rings. The Balaban J connectivity index is 1.58. The number of aromatic nitrogens is 1. The zero-order valence-electron chi connectivity index (χ0n) is 22.2. The molecular formula is C31H32N2O4S. The number of pyridine rings is 1. The average Bonchev–Trinajstić information content (AvgIpc) is 3.25. The molecule has 0 aliphatic heterocycles. The number of fused-ring (bicyclic) bond motifs is 2. The van der Waals surface area contributed by atoms with E-state index in [0.717, 1.165) is 47.1 Å². The van der Waals surface area contributed by atoms with Gasteiger partial charge in [0, 0.05) is 15.8 Å². The van der Waals surface area contributed by atoms with Crippen molar-refractivity contribution in [3.05, 3.63) is 76.2 Å². The van der Waals surface area contributed by atoms with Crippen molar-refractivity contribution in [1.82, 2.24) is 4.98 Å². The van der Waals surface area contributed by atoms with E-state index in [1.54, 1.807) is 6.07 Å².